The summed E-state index contributed by atoms with van der Waals surface area (Å²) in [5, 5.41) is 0. The molecule has 21 heavy (non-hydrogen) atoms. The molecule has 0 saturated heterocycles. The predicted octanol–water partition coefficient (Wildman–Crippen LogP) is 4.21. The number of nitrogens with zero attached hydrogens (tertiary/aromatic N) is 2. The average molecular weight is 282 g/mol. The molecule has 0 amide bonds. The molecule has 0 aliphatic heterocycles. The second-order valence-corrected chi connectivity index (χ2v) is 4.98. The van der Waals surface area contributed by atoms with Crippen LogP contribution in [0.3, 0.4) is 0 Å². The van der Waals surface area contributed by atoms with Crippen molar-refractivity contribution in [3.8, 4) is 22.8 Å². The number of halogens is 1. The Labute approximate surface area is 122 Å². The fourth-order valence-electron chi connectivity index (χ4n) is 2.06. The maximum atomic E-state index is 12.9. The topological polar surface area (TPSA) is 29.3 Å². The second-order valence-electron chi connectivity index (χ2n) is 4.98. The maximum Gasteiger partial charge on any atom is 0.226 e. The standard InChI is InChI=1S/C17H15FN2O/c1-20(2)15-9-5-13(6-10-15)17-19-11-16(21-17)12-3-7-14(18)8-4-12/h3-11H,1-2H3. The quantitative estimate of drug-likeness (QED) is 0.720. The lowest BCUT2D eigenvalue weighted by atomic mass is 10.2. The molecule has 0 atom stereocenters. The van der Waals surface area contributed by atoms with E-state index >= 15 is 0 Å². The Morgan fingerprint density at radius 3 is 2.14 bits per heavy atom. The molecule has 1 heterocycles. The summed E-state index contributed by atoms with van der Waals surface area (Å²) < 4.78 is 18.7. The Morgan fingerprint density at radius 2 is 1.52 bits per heavy atom. The summed E-state index contributed by atoms with van der Waals surface area (Å²) in [6.07, 6.45) is 1.66. The Morgan fingerprint density at radius 1 is 0.905 bits per heavy atom. The van der Waals surface area contributed by atoms with Crippen molar-refractivity contribution in [2.24, 2.45) is 0 Å². The van der Waals surface area contributed by atoms with Crippen molar-refractivity contribution in [1.82, 2.24) is 4.98 Å². The van der Waals surface area contributed by atoms with Crippen molar-refractivity contribution < 1.29 is 8.81 Å². The van der Waals surface area contributed by atoms with Gasteiger partial charge in [-0.15, -0.1) is 0 Å². The Hall–Kier alpha value is -2.62. The van der Waals surface area contributed by atoms with Gasteiger partial charge in [-0.25, -0.2) is 9.37 Å². The first-order chi connectivity index (χ1) is 10.1. The minimum absolute atomic E-state index is 0.266. The van der Waals surface area contributed by atoms with Crippen LogP contribution in [0.25, 0.3) is 22.8 Å². The maximum absolute atomic E-state index is 12.9. The van der Waals surface area contributed by atoms with Gasteiger partial charge >= 0.3 is 0 Å². The highest BCUT2D eigenvalue weighted by Crippen LogP contribution is 2.27. The smallest absolute Gasteiger partial charge is 0.226 e. The monoisotopic (exact) mass is 282 g/mol. The molecule has 0 fully saturated rings. The molecule has 106 valence electrons. The van der Waals surface area contributed by atoms with E-state index in [-0.39, 0.29) is 5.82 Å². The number of anilines is 1. The molecule has 0 aliphatic carbocycles. The molecular formula is C17H15FN2O. The summed E-state index contributed by atoms with van der Waals surface area (Å²) in [6, 6.07) is 14.1. The largest absolute Gasteiger partial charge is 0.436 e. The lowest BCUT2D eigenvalue weighted by Crippen LogP contribution is -2.07. The van der Waals surface area contributed by atoms with E-state index in [1.54, 1.807) is 18.3 Å². The first-order valence-electron chi connectivity index (χ1n) is 6.63. The SMILES string of the molecule is CN(C)c1ccc(-c2ncc(-c3ccc(F)cc3)o2)cc1. The second kappa shape index (κ2) is 5.40. The predicted molar refractivity (Wildman–Crippen MR) is 81.7 cm³/mol. The van der Waals surface area contributed by atoms with Crippen molar-refractivity contribution >= 4 is 5.69 Å². The number of hydrogen-bond acceptors (Lipinski definition) is 3. The van der Waals surface area contributed by atoms with Gasteiger partial charge < -0.3 is 9.32 Å². The Balaban J connectivity index is 1.89. The van der Waals surface area contributed by atoms with E-state index in [0.29, 0.717) is 11.7 Å². The fourth-order valence-corrected chi connectivity index (χ4v) is 2.06. The molecule has 0 bridgehead atoms. The van der Waals surface area contributed by atoms with E-state index in [0.717, 1.165) is 16.8 Å². The summed E-state index contributed by atoms with van der Waals surface area (Å²) in [6.45, 7) is 0. The fraction of sp³-hybridized carbons (Fsp3) is 0.118. The highest BCUT2D eigenvalue weighted by atomic mass is 19.1. The molecule has 0 radical (unpaired) electrons. The Bertz CT molecular complexity index is 730. The van der Waals surface area contributed by atoms with E-state index in [4.69, 9.17) is 4.42 Å². The van der Waals surface area contributed by atoms with Crippen molar-refractivity contribution in [3.63, 3.8) is 0 Å². The number of benzene rings is 2. The van der Waals surface area contributed by atoms with Crippen molar-refractivity contribution in [2.75, 3.05) is 19.0 Å². The Kier molecular flexibility index (Phi) is 3.44. The van der Waals surface area contributed by atoms with E-state index in [1.807, 2.05) is 43.3 Å². The molecule has 1 aromatic heterocycles. The molecule has 2 aromatic carbocycles. The van der Waals surface area contributed by atoms with Crippen LogP contribution in [0.2, 0.25) is 0 Å². The van der Waals surface area contributed by atoms with E-state index in [2.05, 4.69) is 4.98 Å². The van der Waals surface area contributed by atoms with Crippen LogP contribution in [0.1, 0.15) is 0 Å². The summed E-state index contributed by atoms with van der Waals surface area (Å²) in [7, 11) is 3.99. The molecule has 0 unspecified atom stereocenters. The van der Waals surface area contributed by atoms with Gasteiger partial charge in [-0.05, 0) is 48.5 Å². The molecule has 0 saturated carbocycles. The van der Waals surface area contributed by atoms with Crippen molar-refractivity contribution in [2.45, 2.75) is 0 Å². The van der Waals surface area contributed by atoms with Crippen LogP contribution in [-0.2, 0) is 0 Å². The zero-order valence-electron chi connectivity index (χ0n) is 11.9. The third-order valence-corrected chi connectivity index (χ3v) is 3.27. The van der Waals surface area contributed by atoms with Gasteiger partial charge in [0.25, 0.3) is 0 Å². The molecule has 0 spiro atoms. The van der Waals surface area contributed by atoms with Crippen molar-refractivity contribution in [1.29, 1.82) is 0 Å². The zero-order valence-corrected chi connectivity index (χ0v) is 11.9. The van der Waals surface area contributed by atoms with Gasteiger partial charge in [0.1, 0.15) is 5.82 Å². The number of oxazole rings is 1. The minimum Gasteiger partial charge on any atom is -0.436 e. The zero-order chi connectivity index (χ0) is 14.8. The third kappa shape index (κ3) is 2.79. The summed E-state index contributed by atoms with van der Waals surface area (Å²) in [5.74, 6) is 0.916. The van der Waals surface area contributed by atoms with Crippen LogP contribution < -0.4 is 4.90 Å². The number of aromatic nitrogens is 1. The normalized spacial score (nSPS) is 10.6. The third-order valence-electron chi connectivity index (χ3n) is 3.27. The summed E-state index contributed by atoms with van der Waals surface area (Å²) in [5.41, 5.74) is 2.83. The van der Waals surface area contributed by atoms with Crippen molar-refractivity contribution in [3.05, 3.63) is 60.5 Å². The molecule has 3 nitrogen and oxygen atoms in total. The van der Waals surface area contributed by atoms with Crippen LogP contribution in [0.5, 0.6) is 0 Å². The molecule has 3 rings (SSSR count). The molecule has 0 N–H and O–H groups in total. The summed E-state index contributed by atoms with van der Waals surface area (Å²) >= 11 is 0. The van der Waals surface area contributed by atoms with Gasteiger partial charge in [-0.3, -0.25) is 0 Å². The average Bonchev–Trinajstić information content (AvgIpc) is 2.98. The molecule has 0 aliphatic rings. The van der Waals surface area contributed by atoms with Gasteiger partial charge in [0.2, 0.25) is 5.89 Å². The lowest BCUT2D eigenvalue weighted by Gasteiger charge is -2.11. The summed E-state index contributed by atoms with van der Waals surface area (Å²) in [4.78, 5) is 6.32. The highest BCUT2D eigenvalue weighted by Gasteiger charge is 2.09. The van der Waals surface area contributed by atoms with E-state index in [1.165, 1.54) is 12.1 Å². The van der Waals surface area contributed by atoms with Crippen LogP contribution in [0.4, 0.5) is 10.1 Å². The van der Waals surface area contributed by atoms with E-state index < -0.39 is 0 Å². The first-order valence-corrected chi connectivity index (χ1v) is 6.63. The van der Waals surface area contributed by atoms with Crippen LogP contribution >= 0.6 is 0 Å². The van der Waals surface area contributed by atoms with Gasteiger partial charge in [0.05, 0.1) is 6.20 Å². The number of hydrogen-bond donors (Lipinski definition) is 0. The molecule has 3 aromatic rings. The molecular weight excluding hydrogens is 267 g/mol. The first kappa shape index (κ1) is 13.4. The lowest BCUT2D eigenvalue weighted by molar-refractivity contribution is 0.588. The van der Waals surface area contributed by atoms with Gasteiger partial charge in [-0.2, -0.15) is 0 Å². The van der Waals surface area contributed by atoms with Crippen LogP contribution in [0, 0.1) is 5.82 Å². The highest BCUT2D eigenvalue weighted by molar-refractivity contribution is 5.63. The van der Waals surface area contributed by atoms with Crippen LogP contribution in [0.15, 0.2) is 59.1 Å². The molecule has 4 heteroatoms. The van der Waals surface area contributed by atoms with Crippen LogP contribution in [-0.4, -0.2) is 19.1 Å². The number of rotatable bonds is 3. The van der Waals surface area contributed by atoms with E-state index in [9.17, 15) is 4.39 Å². The van der Waals surface area contributed by atoms with Gasteiger partial charge in [0, 0.05) is 30.9 Å². The van der Waals surface area contributed by atoms with Gasteiger partial charge in [-0.1, -0.05) is 0 Å². The minimum atomic E-state index is -0.266. The van der Waals surface area contributed by atoms with Gasteiger partial charge in [0.15, 0.2) is 5.76 Å².